The van der Waals surface area contributed by atoms with Crippen LogP contribution in [0.3, 0.4) is 0 Å². The summed E-state index contributed by atoms with van der Waals surface area (Å²) in [5.74, 6) is 3.06. The molecule has 0 unspecified atom stereocenters. The zero-order valence-electron chi connectivity index (χ0n) is 4.04. The third kappa shape index (κ3) is 1.19. The molecule has 1 saturated heterocycles. The molecule has 1 aliphatic rings. The van der Waals surface area contributed by atoms with Crippen LogP contribution in [0.1, 0.15) is 0 Å². The fraction of sp³-hybridized carbons (Fsp3) is 1.00. The van der Waals surface area contributed by atoms with Gasteiger partial charge in [0.15, 0.2) is 0 Å². The monoisotopic (exact) mass is 107 g/mol. The maximum atomic E-state index is 3.32. The van der Waals surface area contributed by atoms with Crippen molar-refractivity contribution in [2.45, 2.75) is 0 Å². The number of rotatable bonds is 0. The fourth-order valence-electron chi connectivity index (χ4n) is 0.802. The van der Waals surface area contributed by atoms with Crippen LogP contribution in [0.15, 0.2) is 0 Å². The first-order valence-electron chi connectivity index (χ1n) is 2.71. The molecule has 0 aromatic carbocycles. The van der Waals surface area contributed by atoms with Crippen LogP contribution < -0.4 is 5.32 Å². The Labute approximate surface area is 42.5 Å². The van der Waals surface area contributed by atoms with Crippen LogP contribution in [-0.4, -0.2) is 24.6 Å². The summed E-state index contributed by atoms with van der Waals surface area (Å²) in [6.07, 6.45) is 0. The maximum absolute atomic E-state index is 3.32. The molecule has 0 bridgehead atoms. The molecule has 1 nitrogen and oxygen atoms in total. The van der Waals surface area contributed by atoms with E-state index in [1.165, 1.54) is 24.6 Å². The minimum Gasteiger partial charge on any atom is -0.315 e. The highest BCUT2D eigenvalue weighted by Crippen LogP contribution is 1.99. The molecule has 1 aliphatic heterocycles. The van der Waals surface area contributed by atoms with Crippen molar-refractivity contribution in [2.75, 3.05) is 24.6 Å². The van der Waals surface area contributed by atoms with E-state index in [0.29, 0.717) is 11.8 Å². The molecule has 0 amide bonds. The SMILES string of the molecule is C1C[SH4]CCN1. The summed E-state index contributed by atoms with van der Waals surface area (Å²) in [4.78, 5) is 0. The molecule has 2 heteroatoms. The van der Waals surface area contributed by atoms with Crippen LogP contribution in [0.2, 0.25) is 0 Å². The summed E-state index contributed by atoms with van der Waals surface area (Å²) >= 11 is 0.446. The van der Waals surface area contributed by atoms with E-state index in [1.54, 1.807) is 0 Å². The molecule has 1 heterocycles. The Bertz CT molecular complexity index is 23.0. The van der Waals surface area contributed by atoms with E-state index in [9.17, 15) is 0 Å². The van der Waals surface area contributed by atoms with Crippen molar-refractivity contribution >= 4 is 11.8 Å². The maximum Gasteiger partial charge on any atom is 0.000871 e. The van der Waals surface area contributed by atoms with Crippen LogP contribution >= 0.6 is 11.8 Å². The first kappa shape index (κ1) is 4.47. The van der Waals surface area contributed by atoms with Gasteiger partial charge in [-0.25, -0.2) is 0 Å². The number of nitrogens with one attached hydrogen (secondary N) is 1. The summed E-state index contributed by atoms with van der Waals surface area (Å²) in [6, 6.07) is 0. The van der Waals surface area contributed by atoms with Gasteiger partial charge in [0.2, 0.25) is 0 Å². The molecule has 1 fully saturated rings. The zero-order valence-corrected chi connectivity index (χ0v) is 5.45. The predicted molar refractivity (Wildman–Crippen MR) is 35.8 cm³/mol. The lowest BCUT2D eigenvalue weighted by Crippen LogP contribution is -2.24. The first-order valence-corrected chi connectivity index (χ1v) is 4.71. The van der Waals surface area contributed by atoms with E-state index in [1.807, 2.05) is 0 Å². The van der Waals surface area contributed by atoms with Crippen LogP contribution in [0.25, 0.3) is 0 Å². The highest BCUT2D eigenvalue weighted by atomic mass is 32.2. The second-order valence-electron chi connectivity index (χ2n) is 1.81. The molecule has 1 rings (SSSR count). The summed E-state index contributed by atoms with van der Waals surface area (Å²) in [7, 11) is 0. The van der Waals surface area contributed by atoms with Crippen LogP contribution in [0.4, 0.5) is 0 Å². The molecule has 40 valence electrons. The van der Waals surface area contributed by atoms with Gasteiger partial charge < -0.3 is 17.1 Å². The van der Waals surface area contributed by atoms with Crippen molar-refractivity contribution < 1.29 is 0 Å². The Kier molecular flexibility index (Phi) is 1.85. The van der Waals surface area contributed by atoms with Crippen molar-refractivity contribution in [2.24, 2.45) is 0 Å². The summed E-state index contributed by atoms with van der Waals surface area (Å²) in [5.41, 5.74) is 0. The Morgan fingerprint density at radius 1 is 1.17 bits per heavy atom. The summed E-state index contributed by atoms with van der Waals surface area (Å²) in [6.45, 7) is 2.62. The van der Waals surface area contributed by atoms with Crippen molar-refractivity contribution in [1.29, 1.82) is 0 Å². The largest absolute Gasteiger partial charge is 0.315 e. The Morgan fingerprint density at radius 2 is 1.83 bits per heavy atom. The van der Waals surface area contributed by atoms with E-state index in [-0.39, 0.29) is 0 Å². The summed E-state index contributed by atoms with van der Waals surface area (Å²) in [5, 5.41) is 3.32. The van der Waals surface area contributed by atoms with Gasteiger partial charge in [0.1, 0.15) is 0 Å². The minimum atomic E-state index is 0.446. The van der Waals surface area contributed by atoms with Crippen LogP contribution in [-0.2, 0) is 0 Å². The molecular weight excluding hydrogens is 94.1 g/mol. The molecule has 0 saturated carbocycles. The van der Waals surface area contributed by atoms with Gasteiger partial charge in [-0.15, -0.1) is 0 Å². The van der Waals surface area contributed by atoms with Crippen molar-refractivity contribution in [1.82, 2.24) is 5.32 Å². The Hall–Kier alpha value is 0.310. The fourth-order valence-corrected chi connectivity index (χ4v) is 2.16. The minimum absolute atomic E-state index is 0.446. The lowest BCUT2D eigenvalue weighted by atomic mass is 10.6. The molecule has 0 radical (unpaired) electrons. The van der Waals surface area contributed by atoms with Crippen molar-refractivity contribution in [3.8, 4) is 0 Å². The smallest absolute Gasteiger partial charge is 0.000871 e. The van der Waals surface area contributed by atoms with E-state index in [4.69, 9.17) is 0 Å². The molecule has 0 atom stereocenters. The van der Waals surface area contributed by atoms with Crippen molar-refractivity contribution in [3.63, 3.8) is 0 Å². The van der Waals surface area contributed by atoms with Gasteiger partial charge >= 0.3 is 0 Å². The zero-order chi connectivity index (χ0) is 4.24. The molecule has 0 aromatic heterocycles. The van der Waals surface area contributed by atoms with Crippen LogP contribution in [0, 0.1) is 0 Å². The van der Waals surface area contributed by atoms with Gasteiger partial charge in [0.05, 0.1) is 0 Å². The predicted octanol–water partition coefficient (Wildman–Crippen LogP) is -0.748. The lowest BCUT2D eigenvalue weighted by molar-refractivity contribution is 0.756. The molecule has 0 aromatic rings. The lowest BCUT2D eigenvalue weighted by Gasteiger charge is -2.12. The Balaban J connectivity index is 2.00. The van der Waals surface area contributed by atoms with E-state index >= 15 is 0 Å². The van der Waals surface area contributed by atoms with Gasteiger partial charge in [-0.1, -0.05) is 0 Å². The normalized spacial score (nSPS) is 25.3. The van der Waals surface area contributed by atoms with Gasteiger partial charge in [0.25, 0.3) is 0 Å². The van der Waals surface area contributed by atoms with E-state index < -0.39 is 0 Å². The topological polar surface area (TPSA) is 12.0 Å². The standard InChI is InChI=1S/C4H13NS/c1-3-6-4-2-5-1/h5H,1-4H2,6H4. The van der Waals surface area contributed by atoms with Gasteiger partial charge in [-0.3, -0.25) is 0 Å². The molecule has 1 N–H and O–H groups in total. The highest BCUT2D eigenvalue weighted by Gasteiger charge is 1.90. The highest BCUT2D eigenvalue weighted by molar-refractivity contribution is 7.99. The van der Waals surface area contributed by atoms with Gasteiger partial charge in [0, 0.05) is 13.1 Å². The van der Waals surface area contributed by atoms with E-state index in [0.717, 1.165) is 0 Å². The Morgan fingerprint density at radius 3 is 2.00 bits per heavy atom. The molecule has 0 spiro atoms. The third-order valence-corrected chi connectivity index (χ3v) is 2.91. The first-order chi connectivity index (χ1) is 3.00. The quantitative estimate of drug-likeness (QED) is 0.429. The average Bonchev–Trinajstić information content (AvgIpc) is 1.72. The molecule has 0 aliphatic carbocycles. The number of hydrogen-bond acceptors (Lipinski definition) is 1. The molecule has 6 heavy (non-hydrogen) atoms. The van der Waals surface area contributed by atoms with Crippen LogP contribution in [0.5, 0.6) is 0 Å². The average molecular weight is 107 g/mol. The third-order valence-electron chi connectivity index (χ3n) is 1.21. The number of hydrogen-bond donors (Lipinski definition) is 1. The van der Waals surface area contributed by atoms with Crippen molar-refractivity contribution in [3.05, 3.63) is 0 Å². The van der Waals surface area contributed by atoms with E-state index in [2.05, 4.69) is 5.32 Å². The second kappa shape index (κ2) is 2.48. The van der Waals surface area contributed by atoms with Gasteiger partial charge in [-0.2, -0.15) is 0 Å². The van der Waals surface area contributed by atoms with Gasteiger partial charge in [-0.05, 0) is 11.5 Å². The molecular formula is C4H13NS. The summed E-state index contributed by atoms with van der Waals surface area (Å²) < 4.78 is 0. The second-order valence-corrected chi connectivity index (χ2v) is 3.93.